The van der Waals surface area contributed by atoms with E-state index < -0.39 is 6.04 Å². The van der Waals surface area contributed by atoms with E-state index in [2.05, 4.69) is 15.7 Å². The molecule has 9 heteroatoms. The summed E-state index contributed by atoms with van der Waals surface area (Å²) in [6.07, 6.45) is 1.60. The molecule has 0 bridgehead atoms. The molecule has 2 aromatic carbocycles. The molecule has 0 fully saturated rings. The van der Waals surface area contributed by atoms with Gasteiger partial charge >= 0.3 is 0 Å². The molecule has 0 saturated heterocycles. The first-order valence-corrected chi connectivity index (χ1v) is 9.96. The summed E-state index contributed by atoms with van der Waals surface area (Å²) in [4.78, 5) is 25.2. The summed E-state index contributed by atoms with van der Waals surface area (Å²) in [5.74, 6) is 1.11. The van der Waals surface area contributed by atoms with Crippen LogP contribution in [0.15, 0.2) is 42.6 Å². The average Bonchev–Trinajstić information content (AvgIpc) is 3.29. The van der Waals surface area contributed by atoms with E-state index in [1.807, 2.05) is 25.1 Å². The lowest BCUT2D eigenvalue weighted by atomic mass is 10.1. The lowest BCUT2D eigenvalue weighted by Crippen LogP contribution is -2.23. The summed E-state index contributed by atoms with van der Waals surface area (Å²) in [6.45, 7) is 1.87. The number of carbonyl (C=O) groups excluding carboxylic acids is 2. The van der Waals surface area contributed by atoms with E-state index in [4.69, 9.17) is 21.1 Å². The number of methoxy groups -OCH3 is 2. The van der Waals surface area contributed by atoms with Gasteiger partial charge in [0, 0.05) is 16.3 Å². The van der Waals surface area contributed by atoms with Crippen LogP contribution in [0.25, 0.3) is 11.1 Å². The first-order valence-electron chi connectivity index (χ1n) is 9.58. The van der Waals surface area contributed by atoms with Crippen molar-refractivity contribution in [3.05, 3.63) is 53.2 Å². The number of nitrogens with one attached hydrogen (secondary N) is 2. The van der Waals surface area contributed by atoms with Gasteiger partial charge in [0.25, 0.3) is 5.91 Å². The molecule has 4 rings (SSSR count). The van der Waals surface area contributed by atoms with Gasteiger partial charge in [-0.25, -0.2) is 4.68 Å². The summed E-state index contributed by atoms with van der Waals surface area (Å²) < 4.78 is 12.2. The number of anilines is 2. The van der Waals surface area contributed by atoms with Crippen molar-refractivity contribution in [2.24, 2.45) is 0 Å². The number of hydrogen-bond acceptors (Lipinski definition) is 5. The molecular weight excluding hydrogens is 420 g/mol. The third-order valence-corrected chi connectivity index (χ3v) is 5.42. The van der Waals surface area contributed by atoms with Gasteiger partial charge in [0.05, 0.1) is 26.8 Å². The van der Waals surface area contributed by atoms with E-state index in [0.29, 0.717) is 28.0 Å². The number of carbonyl (C=O) groups is 2. The molecule has 2 N–H and O–H groups in total. The number of aromatic nitrogens is 2. The summed E-state index contributed by atoms with van der Waals surface area (Å²) in [7, 11) is 3.12. The second-order valence-corrected chi connectivity index (χ2v) is 7.57. The third-order valence-electron chi connectivity index (χ3n) is 5.18. The minimum absolute atomic E-state index is 0.0577. The first-order chi connectivity index (χ1) is 14.9. The van der Waals surface area contributed by atoms with Gasteiger partial charge in [0.2, 0.25) is 5.91 Å². The number of fused-ring (bicyclic) bond motifs is 1. The van der Waals surface area contributed by atoms with Crippen molar-refractivity contribution < 1.29 is 19.1 Å². The highest BCUT2D eigenvalue weighted by Gasteiger charge is 2.35. The molecule has 8 nitrogen and oxygen atoms in total. The average molecular weight is 441 g/mol. The largest absolute Gasteiger partial charge is 0.493 e. The molecule has 31 heavy (non-hydrogen) atoms. The van der Waals surface area contributed by atoms with E-state index in [0.717, 1.165) is 16.7 Å². The van der Waals surface area contributed by atoms with Crippen LogP contribution in [-0.2, 0) is 9.59 Å². The van der Waals surface area contributed by atoms with Crippen LogP contribution < -0.4 is 20.1 Å². The molecule has 1 aliphatic rings. The first kappa shape index (κ1) is 20.7. The van der Waals surface area contributed by atoms with Gasteiger partial charge in [-0.3, -0.25) is 9.59 Å². The van der Waals surface area contributed by atoms with Crippen LogP contribution >= 0.6 is 11.6 Å². The number of nitrogens with zero attached hydrogens (tertiary/aromatic N) is 2. The van der Waals surface area contributed by atoms with Gasteiger partial charge in [-0.15, -0.1) is 0 Å². The van der Waals surface area contributed by atoms with E-state index >= 15 is 0 Å². The molecule has 2 heterocycles. The summed E-state index contributed by atoms with van der Waals surface area (Å²) in [5.41, 5.74) is 3.02. The van der Waals surface area contributed by atoms with Crippen molar-refractivity contribution in [3.8, 4) is 22.6 Å². The fraction of sp³-hybridized carbons (Fsp3) is 0.227. The monoisotopic (exact) mass is 440 g/mol. The molecule has 0 spiro atoms. The predicted molar refractivity (Wildman–Crippen MR) is 118 cm³/mol. The number of aryl methyl sites for hydroxylation is 1. The molecule has 160 valence electrons. The number of ether oxygens (including phenoxy) is 2. The molecule has 0 saturated carbocycles. The van der Waals surface area contributed by atoms with Gasteiger partial charge in [-0.05, 0) is 42.3 Å². The Balaban J connectivity index is 1.56. The van der Waals surface area contributed by atoms with Gasteiger partial charge < -0.3 is 20.1 Å². The van der Waals surface area contributed by atoms with Crippen molar-refractivity contribution in [1.29, 1.82) is 0 Å². The Morgan fingerprint density at radius 2 is 1.97 bits per heavy atom. The van der Waals surface area contributed by atoms with Crippen molar-refractivity contribution in [3.63, 3.8) is 0 Å². The number of benzene rings is 2. The van der Waals surface area contributed by atoms with Crippen LogP contribution in [0.3, 0.4) is 0 Å². The molecule has 2 amide bonds. The lowest BCUT2D eigenvalue weighted by molar-refractivity contribution is -0.123. The highest BCUT2D eigenvalue weighted by atomic mass is 35.5. The van der Waals surface area contributed by atoms with Crippen LogP contribution in [0.1, 0.15) is 18.0 Å². The molecule has 1 aromatic heterocycles. The number of hydrogen-bond donors (Lipinski definition) is 2. The summed E-state index contributed by atoms with van der Waals surface area (Å²) in [5, 5.41) is 10.5. The van der Waals surface area contributed by atoms with E-state index in [9.17, 15) is 9.59 Å². The van der Waals surface area contributed by atoms with Crippen LogP contribution in [0.5, 0.6) is 11.5 Å². The quantitative estimate of drug-likeness (QED) is 0.603. The van der Waals surface area contributed by atoms with Crippen LogP contribution in [0, 0.1) is 6.92 Å². The molecule has 3 aromatic rings. The normalized spacial score (nSPS) is 14.7. The van der Waals surface area contributed by atoms with Crippen LogP contribution in [0.4, 0.5) is 11.5 Å². The zero-order valence-corrected chi connectivity index (χ0v) is 18.0. The maximum Gasteiger partial charge on any atom is 0.251 e. The number of amides is 2. The van der Waals surface area contributed by atoms with E-state index in [1.165, 1.54) is 0 Å². The topological polar surface area (TPSA) is 94.5 Å². The molecule has 1 atom stereocenters. The molecule has 0 aliphatic carbocycles. The lowest BCUT2D eigenvalue weighted by Gasteiger charge is -2.11. The van der Waals surface area contributed by atoms with Gasteiger partial charge in [0.15, 0.2) is 11.5 Å². The minimum atomic E-state index is -0.747. The highest BCUT2D eigenvalue weighted by Crippen LogP contribution is 2.39. The fourth-order valence-electron chi connectivity index (χ4n) is 3.53. The SMILES string of the molecule is COc1ccc(-c2cnn3c2NC(=O)C3CC(=O)Nc2cc(Cl)ccc2C)cc1OC. The number of halogens is 1. The van der Waals surface area contributed by atoms with Gasteiger partial charge in [-0.1, -0.05) is 23.7 Å². The Kier molecular flexibility index (Phi) is 5.56. The Morgan fingerprint density at radius 1 is 1.19 bits per heavy atom. The zero-order chi connectivity index (χ0) is 22.1. The van der Waals surface area contributed by atoms with E-state index in [1.54, 1.807) is 43.3 Å². The van der Waals surface area contributed by atoms with Gasteiger partial charge in [0.1, 0.15) is 11.9 Å². The van der Waals surface area contributed by atoms with E-state index in [-0.39, 0.29) is 18.2 Å². The van der Waals surface area contributed by atoms with Crippen molar-refractivity contribution in [2.45, 2.75) is 19.4 Å². The predicted octanol–water partition coefficient (Wildman–Crippen LogP) is 4.05. The Morgan fingerprint density at radius 3 is 2.71 bits per heavy atom. The Labute approximate surface area is 184 Å². The number of rotatable bonds is 6. The Hall–Kier alpha value is -3.52. The maximum absolute atomic E-state index is 12.6. The maximum atomic E-state index is 12.6. The molecule has 1 unspecified atom stereocenters. The molecular formula is C22H21ClN4O4. The fourth-order valence-corrected chi connectivity index (χ4v) is 3.71. The standard InChI is InChI=1S/C22H21ClN4O4/c1-12-4-6-14(23)9-16(12)25-20(28)10-17-22(29)26-21-15(11-24-27(17)21)13-5-7-18(30-2)19(8-13)31-3/h4-9,11,17H,10H2,1-3H3,(H,25,28)(H,26,29). The Bertz CT molecular complexity index is 1170. The van der Waals surface area contributed by atoms with Crippen LogP contribution in [-0.4, -0.2) is 35.8 Å². The van der Waals surface area contributed by atoms with Crippen LogP contribution in [0.2, 0.25) is 5.02 Å². The summed E-state index contributed by atoms with van der Waals surface area (Å²) in [6, 6.07) is 9.95. The highest BCUT2D eigenvalue weighted by molar-refractivity contribution is 6.31. The van der Waals surface area contributed by atoms with Crippen molar-refractivity contribution in [1.82, 2.24) is 9.78 Å². The zero-order valence-electron chi connectivity index (χ0n) is 17.2. The second-order valence-electron chi connectivity index (χ2n) is 7.14. The minimum Gasteiger partial charge on any atom is -0.493 e. The molecule has 0 radical (unpaired) electrons. The summed E-state index contributed by atoms with van der Waals surface area (Å²) >= 11 is 6.02. The smallest absolute Gasteiger partial charge is 0.251 e. The second kappa shape index (κ2) is 8.31. The third kappa shape index (κ3) is 3.94. The van der Waals surface area contributed by atoms with Crippen molar-refractivity contribution in [2.75, 3.05) is 24.9 Å². The van der Waals surface area contributed by atoms with Gasteiger partial charge in [-0.2, -0.15) is 5.10 Å². The van der Waals surface area contributed by atoms with Crippen molar-refractivity contribution >= 4 is 34.9 Å². The molecule has 1 aliphatic heterocycles.